The molecule has 2 amide bonds. The first-order valence-corrected chi connectivity index (χ1v) is 8.73. The molecule has 0 aromatic heterocycles. The summed E-state index contributed by atoms with van der Waals surface area (Å²) in [6, 6.07) is 15.1. The Morgan fingerprint density at radius 3 is 2.42 bits per heavy atom. The number of para-hydroxylation sites is 1. The predicted molar refractivity (Wildman–Crippen MR) is 96.9 cm³/mol. The molecule has 0 radical (unpaired) electrons. The molecule has 1 N–H and O–H groups in total. The summed E-state index contributed by atoms with van der Waals surface area (Å²) in [5.41, 5.74) is 1.79. The van der Waals surface area contributed by atoms with E-state index in [2.05, 4.69) is 5.32 Å². The molecule has 2 aromatic rings. The number of hydrogen-bond donors (Lipinski definition) is 1. The highest BCUT2D eigenvalue weighted by Crippen LogP contribution is 2.40. The van der Waals surface area contributed by atoms with Crippen LogP contribution in [0.4, 0.5) is 10.5 Å². The number of thioether (sulfide) groups is 1. The summed E-state index contributed by atoms with van der Waals surface area (Å²) in [4.78, 5) is 14.5. The van der Waals surface area contributed by atoms with E-state index in [1.807, 2.05) is 53.4 Å². The van der Waals surface area contributed by atoms with Gasteiger partial charge in [-0.25, -0.2) is 4.79 Å². The third kappa shape index (κ3) is 3.59. The molecule has 1 saturated heterocycles. The van der Waals surface area contributed by atoms with Gasteiger partial charge in [0.2, 0.25) is 0 Å². The third-order valence-electron chi connectivity index (χ3n) is 3.84. The second-order valence-corrected chi connectivity index (χ2v) is 6.55. The van der Waals surface area contributed by atoms with Crippen LogP contribution in [0, 0.1) is 0 Å². The highest BCUT2D eigenvalue weighted by molar-refractivity contribution is 7.99. The van der Waals surface area contributed by atoms with Gasteiger partial charge in [-0.2, -0.15) is 0 Å². The zero-order valence-corrected chi connectivity index (χ0v) is 14.5. The first kappa shape index (κ1) is 16.5. The van der Waals surface area contributed by atoms with Crippen molar-refractivity contribution >= 4 is 23.5 Å². The van der Waals surface area contributed by atoms with Crippen molar-refractivity contribution in [2.45, 2.75) is 5.37 Å². The molecule has 0 bridgehead atoms. The Labute approximate surface area is 145 Å². The van der Waals surface area contributed by atoms with E-state index in [1.54, 1.807) is 26.0 Å². The SMILES string of the molecule is COc1cc(OC)cc(C2SCCN2C(=O)Nc2ccccc2)c1. The average Bonchev–Trinajstić information content (AvgIpc) is 3.12. The molecular formula is C18H20N2O3S. The molecule has 1 heterocycles. The number of carbonyl (C=O) groups is 1. The molecule has 126 valence electrons. The van der Waals surface area contributed by atoms with Crippen LogP contribution in [0.2, 0.25) is 0 Å². The largest absolute Gasteiger partial charge is 0.497 e. The van der Waals surface area contributed by atoms with Gasteiger partial charge in [-0.15, -0.1) is 11.8 Å². The van der Waals surface area contributed by atoms with E-state index in [4.69, 9.17) is 9.47 Å². The van der Waals surface area contributed by atoms with Gasteiger partial charge in [0.15, 0.2) is 0 Å². The van der Waals surface area contributed by atoms with E-state index in [-0.39, 0.29) is 11.4 Å². The van der Waals surface area contributed by atoms with E-state index >= 15 is 0 Å². The van der Waals surface area contributed by atoms with Gasteiger partial charge >= 0.3 is 6.03 Å². The van der Waals surface area contributed by atoms with Crippen molar-refractivity contribution in [3.8, 4) is 11.5 Å². The molecule has 1 unspecified atom stereocenters. The number of ether oxygens (including phenoxy) is 2. The van der Waals surface area contributed by atoms with Crippen LogP contribution in [0.5, 0.6) is 11.5 Å². The van der Waals surface area contributed by atoms with Crippen LogP contribution in [-0.4, -0.2) is 37.4 Å². The van der Waals surface area contributed by atoms with Gasteiger partial charge in [-0.05, 0) is 29.8 Å². The van der Waals surface area contributed by atoms with Gasteiger partial charge in [-0.1, -0.05) is 18.2 Å². The lowest BCUT2D eigenvalue weighted by Crippen LogP contribution is -2.34. The van der Waals surface area contributed by atoms with E-state index in [0.29, 0.717) is 6.54 Å². The average molecular weight is 344 g/mol. The highest BCUT2D eigenvalue weighted by atomic mass is 32.2. The zero-order chi connectivity index (χ0) is 16.9. The Bertz CT molecular complexity index is 686. The number of nitrogens with zero attached hydrogens (tertiary/aromatic N) is 1. The van der Waals surface area contributed by atoms with Crippen molar-refractivity contribution in [1.29, 1.82) is 0 Å². The minimum absolute atomic E-state index is 0.0577. The zero-order valence-electron chi connectivity index (χ0n) is 13.7. The first-order chi connectivity index (χ1) is 11.7. The highest BCUT2D eigenvalue weighted by Gasteiger charge is 2.31. The summed E-state index contributed by atoms with van der Waals surface area (Å²) in [6.45, 7) is 0.702. The molecule has 1 fully saturated rings. The summed E-state index contributed by atoms with van der Waals surface area (Å²) in [7, 11) is 3.25. The van der Waals surface area contributed by atoms with Gasteiger partial charge in [0.1, 0.15) is 16.9 Å². The second kappa shape index (κ2) is 7.49. The number of methoxy groups -OCH3 is 2. The minimum atomic E-state index is -0.0991. The summed E-state index contributed by atoms with van der Waals surface area (Å²) >= 11 is 1.73. The van der Waals surface area contributed by atoms with Gasteiger partial charge in [0.25, 0.3) is 0 Å². The molecule has 2 aromatic carbocycles. The molecular weight excluding hydrogens is 324 g/mol. The molecule has 0 spiro atoms. The quantitative estimate of drug-likeness (QED) is 0.911. The Morgan fingerprint density at radius 1 is 1.12 bits per heavy atom. The van der Waals surface area contributed by atoms with Crippen LogP contribution < -0.4 is 14.8 Å². The smallest absolute Gasteiger partial charge is 0.323 e. The van der Waals surface area contributed by atoms with Gasteiger partial charge < -0.3 is 19.7 Å². The number of rotatable bonds is 4. The number of carbonyl (C=O) groups excluding carboxylic acids is 1. The van der Waals surface area contributed by atoms with Gasteiger partial charge in [0, 0.05) is 24.1 Å². The maximum absolute atomic E-state index is 12.6. The molecule has 1 aliphatic rings. The van der Waals surface area contributed by atoms with E-state index in [0.717, 1.165) is 28.5 Å². The van der Waals surface area contributed by atoms with Crippen molar-refractivity contribution in [2.24, 2.45) is 0 Å². The van der Waals surface area contributed by atoms with Crippen LogP contribution in [0.25, 0.3) is 0 Å². The fraction of sp³-hybridized carbons (Fsp3) is 0.278. The summed E-state index contributed by atoms with van der Waals surface area (Å²) in [5.74, 6) is 2.34. The normalized spacial score (nSPS) is 16.8. The van der Waals surface area contributed by atoms with Crippen LogP contribution in [0.3, 0.4) is 0 Å². The van der Waals surface area contributed by atoms with Gasteiger partial charge in [-0.3, -0.25) is 0 Å². The summed E-state index contributed by atoms with van der Waals surface area (Å²) in [5, 5.41) is 2.89. The Hall–Kier alpha value is -2.34. The van der Waals surface area contributed by atoms with Crippen LogP contribution in [0.1, 0.15) is 10.9 Å². The van der Waals surface area contributed by atoms with Crippen LogP contribution in [-0.2, 0) is 0 Å². The number of benzene rings is 2. The van der Waals surface area contributed by atoms with E-state index in [9.17, 15) is 4.79 Å². The summed E-state index contributed by atoms with van der Waals surface area (Å²) < 4.78 is 10.7. The monoisotopic (exact) mass is 344 g/mol. The standard InChI is InChI=1S/C18H20N2O3S/c1-22-15-10-13(11-16(12-15)23-2)17-20(8-9-24-17)18(21)19-14-6-4-3-5-7-14/h3-7,10-12,17H,8-9H2,1-2H3,(H,19,21). The van der Waals surface area contributed by atoms with Crippen molar-refractivity contribution in [1.82, 2.24) is 4.90 Å². The number of amides is 2. The summed E-state index contributed by atoms with van der Waals surface area (Å²) in [6.07, 6.45) is 0. The molecule has 24 heavy (non-hydrogen) atoms. The first-order valence-electron chi connectivity index (χ1n) is 7.68. The van der Waals surface area contributed by atoms with E-state index in [1.165, 1.54) is 0 Å². The molecule has 5 nitrogen and oxygen atoms in total. The lowest BCUT2D eigenvalue weighted by atomic mass is 10.2. The second-order valence-electron chi connectivity index (χ2n) is 5.36. The number of anilines is 1. The Morgan fingerprint density at radius 2 is 1.79 bits per heavy atom. The molecule has 0 saturated carbocycles. The number of nitrogens with one attached hydrogen (secondary N) is 1. The maximum Gasteiger partial charge on any atom is 0.323 e. The Balaban J connectivity index is 1.81. The lowest BCUT2D eigenvalue weighted by molar-refractivity contribution is 0.214. The molecule has 6 heteroatoms. The van der Waals surface area contributed by atoms with Crippen LogP contribution >= 0.6 is 11.8 Å². The molecule has 3 rings (SSSR count). The van der Waals surface area contributed by atoms with E-state index < -0.39 is 0 Å². The molecule has 0 aliphatic carbocycles. The maximum atomic E-state index is 12.6. The minimum Gasteiger partial charge on any atom is -0.497 e. The Kier molecular flexibility index (Phi) is 5.15. The third-order valence-corrected chi connectivity index (χ3v) is 5.10. The van der Waals surface area contributed by atoms with Crippen molar-refractivity contribution < 1.29 is 14.3 Å². The van der Waals surface area contributed by atoms with Crippen molar-refractivity contribution in [3.63, 3.8) is 0 Å². The fourth-order valence-electron chi connectivity index (χ4n) is 2.64. The molecule has 1 atom stereocenters. The number of hydrogen-bond acceptors (Lipinski definition) is 4. The molecule has 1 aliphatic heterocycles. The van der Waals surface area contributed by atoms with Crippen molar-refractivity contribution in [2.75, 3.05) is 31.8 Å². The predicted octanol–water partition coefficient (Wildman–Crippen LogP) is 3.98. The topological polar surface area (TPSA) is 50.8 Å². The fourth-order valence-corrected chi connectivity index (χ4v) is 3.88. The van der Waals surface area contributed by atoms with Crippen molar-refractivity contribution in [3.05, 3.63) is 54.1 Å². The lowest BCUT2D eigenvalue weighted by Gasteiger charge is -2.25. The van der Waals surface area contributed by atoms with Crippen LogP contribution in [0.15, 0.2) is 48.5 Å². The number of urea groups is 1. The van der Waals surface area contributed by atoms with Gasteiger partial charge in [0.05, 0.1) is 14.2 Å².